The number of hydrogen-bond donors (Lipinski definition) is 2. The summed E-state index contributed by atoms with van der Waals surface area (Å²) >= 11 is 0. The van der Waals surface area contributed by atoms with E-state index in [4.69, 9.17) is 24.5 Å². The molecule has 0 radical (unpaired) electrons. The van der Waals surface area contributed by atoms with E-state index in [2.05, 4.69) is 10.0 Å². The van der Waals surface area contributed by atoms with E-state index in [9.17, 15) is 10.2 Å². The molecular weight excluding hydrogens is 414 g/mol. The number of nitrogens with zero attached hydrogens (tertiary/aromatic N) is 3. The van der Waals surface area contributed by atoms with Gasteiger partial charge in [0.2, 0.25) is 0 Å². The molecule has 0 spiro atoms. The summed E-state index contributed by atoms with van der Waals surface area (Å²) in [5.74, 6) is 0. The maximum Gasteiger partial charge on any atom is 0.186 e. The molecule has 0 aromatic heterocycles. The Balaban J connectivity index is 1.59. The van der Waals surface area contributed by atoms with Gasteiger partial charge >= 0.3 is 0 Å². The lowest BCUT2D eigenvalue weighted by Gasteiger charge is -2.42. The summed E-state index contributed by atoms with van der Waals surface area (Å²) in [6.07, 6.45) is -4.52. The first-order chi connectivity index (χ1) is 15.7. The van der Waals surface area contributed by atoms with Crippen LogP contribution in [0.3, 0.4) is 0 Å². The lowest BCUT2D eigenvalue weighted by molar-refractivity contribution is -0.313. The highest BCUT2D eigenvalue weighted by Gasteiger charge is 2.46. The number of azide groups is 1. The molecule has 2 aromatic rings. The van der Waals surface area contributed by atoms with Crippen LogP contribution in [0.15, 0.2) is 65.8 Å². The Kier molecular flexibility index (Phi) is 9.93. The fraction of sp³-hybridized carbons (Fsp3) is 0.478. The Morgan fingerprint density at radius 1 is 0.906 bits per heavy atom. The second-order valence-corrected chi connectivity index (χ2v) is 7.46. The molecule has 0 amide bonds. The van der Waals surface area contributed by atoms with Crippen molar-refractivity contribution < 1.29 is 29.2 Å². The molecule has 1 aliphatic heterocycles. The predicted molar refractivity (Wildman–Crippen MR) is 116 cm³/mol. The number of aliphatic hydroxyl groups excluding tert-OH is 2. The van der Waals surface area contributed by atoms with Crippen LogP contribution in [0.1, 0.15) is 17.5 Å². The second kappa shape index (κ2) is 13.1. The molecule has 0 saturated carbocycles. The molecule has 172 valence electrons. The minimum atomic E-state index is -1.22. The van der Waals surface area contributed by atoms with E-state index in [1.165, 1.54) is 0 Å². The van der Waals surface area contributed by atoms with Gasteiger partial charge in [-0.2, -0.15) is 0 Å². The van der Waals surface area contributed by atoms with Crippen LogP contribution in [0.4, 0.5) is 0 Å². The van der Waals surface area contributed by atoms with Crippen LogP contribution in [0, 0.1) is 0 Å². The maximum absolute atomic E-state index is 10.8. The van der Waals surface area contributed by atoms with Gasteiger partial charge in [0.15, 0.2) is 6.29 Å². The molecule has 32 heavy (non-hydrogen) atoms. The summed E-state index contributed by atoms with van der Waals surface area (Å²) in [6.45, 7) is 1.20. The van der Waals surface area contributed by atoms with Crippen molar-refractivity contribution in [3.8, 4) is 0 Å². The Hall–Kier alpha value is -2.49. The number of aliphatic hydroxyl groups is 2. The standard InChI is InChI=1S/C23H29N3O6/c24-26-25-12-7-13-30-23-22(31-15-18-10-5-2-6-11-18)21(28)20(27)19(32-23)16-29-14-17-8-3-1-4-9-17/h1-6,8-11,19-23,27-28H,7,12-16H2/t19?,20-,21-,22?,23+/m0/s1. The molecule has 2 aromatic carbocycles. The normalized spacial score (nSPS) is 25.2. The van der Waals surface area contributed by atoms with Crippen LogP contribution in [0.5, 0.6) is 0 Å². The molecule has 5 atom stereocenters. The molecule has 0 bridgehead atoms. The van der Waals surface area contributed by atoms with Crippen molar-refractivity contribution in [1.29, 1.82) is 0 Å². The SMILES string of the molecule is [N-]=[N+]=NCCCO[C@@H]1OC(COCc2ccccc2)[C@H](O)[C@H](O)C1OCc1ccccc1. The highest BCUT2D eigenvalue weighted by Crippen LogP contribution is 2.26. The van der Waals surface area contributed by atoms with Crippen LogP contribution in [0.25, 0.3) is 10.4 Å². The van der Waals surface area contributed by atoms with Gasteiger partial charge in [-0.3, -0.25) is 0 Å². The average molecular weight is 444 g/mol. The summed E-state index contributed by atoms with van der Waals surface area (Å²) in [7, 11) is 0. The van der Waals surface area contributed by atoms with E-state index in [0.29, 0.717) is 13.0 Å². The molecule has 2 N–H and O–H groups in total. The van der Waals surface area contributed by atoms with E-state index >= 15 is 0 Å². The van der Waals surface area contributed by atoms with Crippen LogP contribution in [-0.2, 0) is 32.2 Å². The van der Waals surface area contributed by atoms with Crippen LogP contribution in [0.2, 0.25) is 0 Å². The first-order valence-corrected chi connectivity index (χ1v) is 10.6. The number of benzene rings is 2. The summed E-state index contributed by atoms with van der Waals surface area (Å²) in [6, 6.07) is 19.1. The van der Waals surface area contributed by atoms with Crippen molar-refractivity contribution in [3.63, 3.8) is 0 Å². The van der Waals surface area contributed by atoms with E-state index in [1.54, 1.807) is 0 Å². The largest absolute Gasteiger partial charge is 0.387 e. The lowest BCUT2D eigenvalue weighted by atomic mass is 9.99. The van der Waals surface area contributed by atoms with Crippen molar-refractivity contribution in [2.45, 2.75) is 50.3 Å². The molecular formula is C23H29N3O6. The quantitative estimate of drug-likeness (QED) is 0.225. The lowest BCUT2D eigenvalue weighted by Crippen LogP contribution is -2.60. The number of ether oxygens (including phenoxy) is 4. The minimum Gasteiger partial charge on any atom is -0.387 e. The third kappa shape index (κ3) is 7.29. The molecule has 2 unspecified atom stereocenters. The highest BCUT2D eigenvalue weighted by atomic mass is 16.7. The third-order valence-electron chi connectivity index (χ3n) is 5.07. The molecule has 9 nitrogen and oxygen atoms in total. The van der Waals surface area contributed by atoms with E-state index in [1.807, 2.05) is 60.7 Å². The number of hydrogen-bond acceptors (Lipinski definition) is 7. The molecule has 0 aliphatic carbocycles. The fourth-order valence-corrected chi connectivity index (χ4v) is 3.37. The summed E-state index contributed by atoms with van der Waals surface area (Å²) in [4.78, 5) is 2.71. The zero-order chi connectivity index (χ0) is 22.6. The molecule has 1 aliphatic rings. The Bertz CT molecular complexity index is 832. The maximum atomic E-state index is 10.8. The monoisotopic (exact) mass is 443 g/mol. The smallest absolute Gasteiger partial charge is 0.186 e. The Morgan fingerprint density at radius 2 is 1.56 bits per heavy atom. The zero-order valence-electron chi connectivity index (χ0n) is 17.8. The Labute approximate surface area is 187 Å². The molecule has 9 heteroatoms. The highest BCUT2D eigenvalue weighted by molar-refractivity contribution is 5.14. The first kappa shape index (κ1) is 24.2. The van der Waals surface area contributed by atoms with Gasteiger partial charge in [0.05, 0.1) is 19.8 Å². The van der Waals surface area contributed by atoms with Gasteiger partial charge in [0, 0.05) is 18.1 Å². The van der Waals surface area contributed by atoms with E-state index < -0.39 is 30.7 Å². The van der Waals surface area contributed by atoms with Crippen molar-refractivity contribution in [2.75, 3.05) is 19.8 Å². The first-order valence-electron chi connectivity index (χ1n) is 10.6. The Morgan fingerprint density at radius 3 is 2.22 bits per heavy atom. The van der Waals surface area contributed by atoms with Crippen LogP contribution < -0.4 is 0 Å². The second-order valence-electron chi connectivity index (χ2n) is 7.46. The van der Waals surface area contributed by atoms with E-state index in [-0.39, 0.29) is 26.4 Å². The van der Waals surface area contributed by atoms with Crippen molar-refractivity contribution >= 4 is 0 Å². The van der Waals surface area contributed by atoms with Gasteiger partial charge < -0.3 is 29.2 Å². The third-order valence-corrected chi connectivity index (χ3v) is 5.07. The fourth-order valence-electron chi connectivity index (χ4n) is 3.37. The zero-order valence-corrected chi connectivity index (χ0v) is 17.8. The topological polar surface area (TPSA) is 126 Å². The predicted octanol–water partition coefficient (Wildman–Crippen LogP) is 2.95. The van der Waals surface area contributed by atoms with Crippen molar-refractivity contribution in [3.05, 3.63) is 82.2 Å². The van der Waals surface area contributed by atoms with Gasteiger partial charge in [0.25, 0.3) is 0 Å². The van der Waals surface area contributed by atoms with Gasteiger partial charge in [-0.05, 0) is 23.1 Å². The van der Waals surface area contributed by atoms with E-state index in [0.717, 1.165) is 11.1 Å². The van der Waals surface area contributed by atoms with Gasteiger partial charge in [-0.25, -0.2) is 0 Å². The van der Waals surface area contributed by atoms with Crippen molar-refractivity contribution in [2.24, 2.45) is 5.11 Å². The molecule has 1 fully saturated rings. The van der Waals surface area contributed by atoms with Gasteiger partial charge in [-0.15, -0.1) is 0 Å². The summed E-state index contributed by atoms with van der Waals surface area (Å²) in [5, 5.41) is 24.9. The van der Waals surface area contributed by atoms with Gasteiger partial charge in [-0.1, -0.05) is 65.8 Å². The van der Waals surface area contributed by atoms with Crippen LogP contribution >= 0.6 is 0 Å². The summed E-state index contributed by atoms with van der Waals surface area (Å²) < 4.78 is 23.3. The molecule has 3 rings (SSSR count). The van der Waals surface area contributed by atoms with Gasteiger partial charge in [0.1, 0.15) is 24.4 Å². The summed E-state index contributed by atoms with van der Waals surface area (Å²) in [5.41, 5.74) is 10.3. The van der Waals surface area contributed by atoms with Crippen LogP contribution in [-0.4, -0.2) is 60.7 Å². The van der Waals surface area contributed by atoms with Crippen molar-refractivity contribution in [1.82, 2.24) is 0 Å². The average Bonchev–Trinajstić information content (AvgIpc) is 2.83. The minimum absolute atomic E-state index is 0.0805. The number of rotatable bonds is 12. The molecule has 1 saturated heterocycles. The molecule has 1 heterocycles.